The van der Waals surface area contributed by atoms with Gasteiger partial charge in [-0.05, 0) is 78.0 Å². The predicted octanol–water partition coefficient (Wildman–Crippen LogP) is 6.28. The van der Waals surface area contributed by atoms with Crippen molar-refractivity contribution in [3.05, 3.63) is 70.1 Å². The Labute approximate surface area is 190 Å². The number of hydrogen-bond donors (Lipinski definition) is 1. The predicted molar refractivity (Wildman–Crippen MR) is 115 cm³/mol. The number of halogens is 5. The van der Waals surface area contributed by atoms with E-state index < -0.39 is 23.5 Å². The zero-order chi connectivity index (χ0) is 22.9. The minimum absolute atomic E-state index is 0.0313. The summed E-state index contributed by atoms with van der Waals surface area (Å²) in [6, 6.07) is 9.64. The summed E-state index contributed by atoms with van der Waals surface area (Å²) in [5, 5.41) is 3.69. The summed E-state index contributed by atoms with van der Waals surface area (Å²) in [4.78, 5) is 16.7. The van der Waals surface area contributed by atoms with E-state index in [0.717, 1.165) is 27.2 Å². The Morgan fingerprint density at radius 3 is 2.53 bits per heavy atom. The molecule has 0 aliphatic heterocycles. The lowest BCUT2D eigenvalue weighted by Gasteiger charge is -2.30. The molecule has 1 N–H and O–H groups in total. The second-order valence-electron chi connectivity index (χ2n) is 7.70. The molecule has 9 heteroatoms. The van der Waals surface area contributed by atoms with Crippen molar-refractivity contribution in [3.8, 4) is 5.75 Å². The molecule has 0 bridgehead atoms. The van der Waals surface area contributed by atoms with Crippen LogP contribution in [0.4, 0.5) is 17.6 Å². The number of carbonyl (C=O) groups is 1. The van der Waals surface area contributed by atoms with Gasteiger partial charge in [-0.1, -0.05) is 6.07 Å². The molecule has 1 aliphatic carbocycles. The average Bonchev–Trinajstić information content (AvgIpc) is 2.75. The number of nitrogens with zero attached hydrogens (tertiary/aromatic N) is 1. The van der Waals surface area contributed by atoms with E-state index in [9.17, 15) is 22.4 Å². The van der Waals surface area contributed by atoms with E-state index >= 15 is 0 Å². The Kier molecular flexibility index (Phi) is 6.37. The number of benzene rings is 2. The molecule has 1 saturated carbocycles. The summed E-state index contributed by atoms with van der Waals surface area (Å²) < 4.78 is 58.9. The third-order valence-corrected chi connectivity index (χ3v) is 6.16. The van der Waals surface area contributed by atoms with Crippen LogP contribution in [0.2, 0.25) is 0 Å². The molecule has 4 rings (SSSR count). The SMILES string of the molecule is O=C(NC1CCC(Oc2ccnc3c(Br)cccc23)CC1)c1ccc(C(F)(F)F)c(F)c1. The maximum absolute atomic E-state index is 13.8. The second-order valence-corrected chi connectivity index (χ2v) is 8.56. The number of rotatable bonds is 4. The van der Waals surface area contributed by atoms with Gasteiger partial charge in [0.05, 0.1) is 17.2 Å². The molecule has 0 saturated heterocycles. The fraction of sp³-hybridized carbons (Fsp3) is 0.304. The topological polar surface area (TPSA) is 51.2 Å². The number of alkyl halides is 3. The van der Waals surface area contributed by atoms with Gasteiger partial charge >= 0.3 is 6.18 Å². The van der Waals surface area contributed by atoms with Crippen LogP contribution in [0.25, 0.3) is 10.9 Å². The molecule has 3 aromatic rings. The van der Waals surface area contributed by atoms with Crippen molar-refractivity contribution < 1.29 is 27.1 Å². The molecule has 0 unspecified atom stereocenters. The smallest absolute Gasteiger partial charge is 0.419 e. The number of ether oxygens (including phenoxy) is 1. The molecular formula is C23H19BrF4N2O2. The summed E-state index contributed by atoms with van der Waals surface area (Å²) in [6.45, 7) is 0. The van der Waals surface area contributed by atoms with Crippen LogP contribution in [0.15, 0.2) is 53.1 Å². The van der Waals surface area contributed by atoms with Gasteiger partial charge in [-0.15, -0.1) is 0 Å². The van der Waals surface area contributed by atoms with Gasteiger partial charge in [0.1, 0.15) is 11.6 Å². The minimum atomic E-state index is -4.80. The molecule has 2 aromatic carbocycles. The number of pyridine rings is 1. The highest BCUT2D eigenvalue weighted by molar-refractivity contribution is 9.10. The van der Waals surface area contributed by atoms with Gasteiger partial charge in [-0.2, -0.15) is 13.2 Å². The molecule has 1 aliphatic rings. The Morgan fingerprint density at radius 2 is 1.84 bits per heavy atom. The fourth-order valence-corrected chi connectivity index (χ4v) is 4.35. The van der Waals surface area contributed by atoms with Crippen molar-refractivity contribution in [2.24, 2.45) is 0 Å². The molecule has 168 valence electrons. The standard InChI is InChI=1S/C23H19BrF4N2O2/c24-18-3-1-2-16-20(10-11-29-21(16)18)32-15-7-5-14(6-8-15)30-22(31)13-4-9-17(19(25)12-13)23(26,27)28/h1-4,9-12,14-15H,5-8H2,(H,30,31). The largest absolute Gasteiger partial charge is 0.490 e. The van der Waals surface area contributed by atoms with Crippen LogP contribution >= 0.6 is 15.9 Å². The lowest BCUT2D eigenvalue weighted by Crippen LogP contribution is -2.39. The monoisotopic (exact) mass is 510 g/mol. The number of amides is 1. The third kappa shape index (κ3) is 4.87. The van der Waals surface area contributed by atoms with Gasteiger partial charge in [0.25, 0.3) is 5.91 Å². The third-order valence-electron chi connectivity index (χ3n) is 5.52. The van der Waals surface area contributed by atoms with Crippen molar-refractivity contribution in [1.82, 2.24) is 10.3 Å². The van der Waals surface area contributed by atoms with E-state index in [1.54, 1.807) is 6.20 Å². The van der Waals surface area contributed by atoms with E-state index in [1.165, 1.54) is 0 Å². The van der Waals surface area contributed by atoms with Crippen LogP contribution in [0, 0.1) is 5.82 Å². The number of carbonyl (C=O) groups excluding carboxylic acids is 1. The second kappa shape index (κ2) is 9.05. The summed E-state index contributed by atoms with van der Waals surface area (Å²) >= 11 is 3.49. The molecule has 0 radical (unpaired) electrons. The summed E-state index contributed by atoms with van der Waals surface area (Å²) in [7, 11) is 0. The first-order chi connectivity index (χ1) is 15.2. The van der Waals surface area contributed by atoms with E-state index in [0.29, 0.717) is 37.8 Å². The van der Waals surface area contributed by atoms with Crippen LogP contribution < -0.4 is 10.1 Å². The Balaban J connectivity index is 1.35. The summed E-state index contributed by atoms with van der Waals surface area (Å²) in [5.74, 6) is -1.31. The highest BCUT2D eigenvalue weighted by Crippen LogP contribution is 2.33. The van der Waals surface area contributed by atoms with Crippen molar-refractivity contribution in [2.75, 3.05) is 0 Å². The van der Waals surface area contributed by atoms with Crippen LogP contribution in [0.1, 0.15) is 41.6 Å². The van der Waals surface area contributed by atoms with E-state index in [4.69, 9.17) is 4.74 Å². The maximum Gasteiger partial charge on any atom is 0.419 e. The van der Waals surface area contributed by atoms with Gasteiger partial charge in [0.2, 0.25) is 0 Å². The van der Waals surface area contributed by atoms with Crippen LogP contribution in [-0.4, -0.2) is 23.0 Å². The van der Waals surface area contributed by atoms with Gasteiger partial charge in [0, 0.05) is 27.7 Å². The molecule has 4 nitrogen and oxygen atoms in total. The Hall–Kier alpha value is -2.68. The number of nitrogens with one attached hydrogen (secondary N) is 1. The van der Waals surface area contributed by atoms with Gasteiger partial charge in [-0.3, -0.25) is 9.78 Å². The fourth-order valence-electron chi connectivity index (χ4n) is 3.88. The zero-order valence-corrected chi connectivity index (χ0v) is 18.3. The first-order valence-corrected chi connectivity index (χ1v) is 10.9. The van der Waals surface area contributed by atoms with Gasteiger partial charge < -0.3 is 10.1 Å². The Bertz CT molecular complexity index is 1140. The van der Waals surface area contributed by atoms with E-state index in [2.05, 4.69) is 26.2 Å². The van der Waals surface area contributed by atoms with Crippen LogP contribution in [-0.2, 0) is 6.18 Å². The Morgan fingerprint density at radius 1 is 1.09 bits per heavy atom. The molecule has 0 spiro atoms. The first kappa shape index (κ1) is 22.5. The quantitative estimate of drug-likeness (QED) is 0.420. The zero-order valence-electron chi connectivity index (χ0n) is 16.8. The van der Waals surface area contributed by atoms with Crippen molar-refractivity contribution >= 4 is 32.7 Å². The highest BCUT2D eigenvalue weighted by atomic mass is 79.9. The lowest BCUT2D eigenvalue weighted by atomic mass is 9.92. The van der Waals surface area contributed by atoms with Crippen LogP contribution in [0.5, 0.6) is 5.75 Å². The molecule has 1 aromatic heterocycles. The van der Waals surface area contributed by atoms with Crippen LogP contribution in [0.3, 0.4) is 0 Å². The van der Waals surface area contributed by atoms with Crippen molar-refractivity contribution in [3.63, 3.8) is 0 Å². The van der Waals surface area contributed by atoms with E-state index in [1.807, 2.05) is 24.3 Å². The summed E-state index contributed by atoms with van der Waals surface area (Å²) in [6.07, 6.45) is -0.450. The van der Waals surface area contributed by atoms with Crippen molar-refractivity contribution in [1.29, 1.82) is 0 Å². The molecule has 0 atom stereocenters. The molecule has 1 amide bonds. The molecule has 1 heterocycles. The number of para-hydroxylation sites is 1. The molecular weight excluding hydrogens is 492 g/mol. The van der Waals surface area contributed by atoms with Gasteiger partial charge in [0.15, 0.2) is 0 Å². The number of hydrogen-bond acceptors (Lipinski definition) is 3. The first-order valence-electron chi connectivity index (χ1n) is 10.1. The lowest BCUT2D eigenvalue weighted by molar-refractivity contribution is -0.140. The highest BCUT2D eigenvalue weighted by Gasteiger charge is 2.34. The van der Waals surface area contributed by atoms with E-state index in [-0.39, 0.29) is 17.7 Å². The van der Waals surface area contributed by atoms with Crippen molar-refractivity contribution in [2.45, 2.75) is 44.0 Å². The number of fused-ring (bicyclic) bond motifs is 1. The maximum atomic E-state index is 13.8. The average molecular weight is 511 g/mol. The van der Waals surface area contributed by atoms with Gasteiger partial charge in [-0.25, -0.2) is 4.39 Å². The molecule has 32 heavy (non-hydrogen) atoms. The number of aromatic nitrogens is 1. The minimum Gasteiger partial charge on any atom is -0.490 e. The normalized spacial score (nSPS) is 19.0. The molecule has 1 fully saturated rings. The summed E-state index contributed by atoms with van der Waals surface area (Å²) in [5.41, 5.74) is -0.709.